The molecular weight excluding hydrogens is 438 g/mol. The monoisotopic (exact) mass is 465 g/mol. The number of carbonyl (C=O) groups excluding carboxylic acids is 2. The Morgan fingerprint density at radius 3 is 2.30 bits per heavy atom. The lowest BCUT2D eigenvalue weighted by Crippen LogP contribution is -2.47. The average molecular weight is 466 g/mol. The first kappa shape index (κ1) is 22.9. The lowest BCUT2D eigenvalue weighted by atomic mass is 10.1. The molecule has 4 rings (SSSR count). The minimum atomic E-state index is -3.91. The Kier molecular flexibility index (Phi) is 5.97. The van der Waals surface area contributed by atoms with E-state index in [1.54, 1.807) is 67.3 Å². The minimum absolute atomic E-state index is 0.218. The molecule has 3 aromatic rings. The van der Waals surface area contributed by atoms with Gasteiger partial charge in [-0.25, -0.2) is 13.4 Å². The van der Waals surface area contributed by atoms with Gasteiger partial charge in [-0.05, 0) is 68.1 Å². The number of anilines is 1. The molecule has 2 aromatic carbocycles. The van der Waals surface area contributed by atoms with Crippen LogP contribution in [0.3, 0.4) is 0 Å². The normalized spacial score (nSPS) is 15.4. The molecular formula is C25H27N3O4S. The second-order valence-corrected chi connectivity index (χ2v) is 10.9. The third kappa shape index (κ3) is 3.99. The van der Waals surface area contributed by atoms with Crippen LogP contribution in [-0.2, 0) is 21.7 Å². The summed E-state index contributed by atoms with van der Waals surface area (Å²) in [4.78, 5) is 30.3. The summed E-state index contributed by atoms with van der Waals surface area (Å²) in [5, 5.41) is 2.80. The number of imidazole rings is 1. The van der Waals surface area contributed by atoms with Crippen LogP contribution in [0.5, 0.6) is 0 Å². The molecule has 1 aliphatic carbocycles. The van der Waals surface area contributed by atoms with Crippen LogP contribution in [0.1, 0.15) is 53.0 Å². The van der Waals surface area contributed by atoms with Crippen LogP contribution >= 0.6 is 0 Å². The maximum atomic E-state index is 13.8. The molecule has 8 heteroatoms. The molecule has 1 saturated carbocycles. The Balaban J connectivity index is 1.61. The second-order valence-electron chi connectivity index (χ2n) is 8.70. The van der Waals surface area contributed by atoms with Crippen molar-refractivity contribution in [3.05, 3.63) is 77.4 Å². The third-order valence-corrected chi connectivity index (χ3v) is 9.04. The molecule has 33 heavy (non-hydrogen) atoms. The lowest BCUT2D eigenvalue weighted by molar-refractivity contribution is -0.118. The van der Waals surface area contributed by atoms with Crippen LogP contribution in [0.15, 0.2) is 59.8 Å². The quantitative estimate of drug-likeness (QED) is 0.555. The fourth-order valence-corrected chi connectivity index (χ4v) is 6.81. The van der Waals surface area contributed by atoms with Crippen LogP contribution in [0.4, 0.5) is 5.69 Å². The number of hydrogen-bond donors (Lipinski definition) is 1. The molecule has 1 N–H and O–H groups in total. The molecule has 1 fully saturated rings. The number of aryl methyl sites for hydroxylation is 3. The van der Waals surface area contributed by atoms with Gasteiger partial charge in [0.2, 0.25) is 11.7 Å². The number of hydrogen-bond acceptors (Lipinski definition) is 5. The van der Waals surface area contributed by atoms with Crippen LogP contribution in [0.2, 0.25) is 0 Å². The minimum Gasteiger partial charge on any atom is -0.331 e. The molecule has 0 atom stereocenters. The standard InChI is InChI=1S/C25H27N3O4S/c1-17-6-7-18(2)21(16-17)33(31,32)25(12-4-5-13-25)24(30)27-20-10-8-19(9-11-20)22(29)23-26-14-15-28(23)3/h6-11,14-16H,4-5,12-13H2,1-3H3,(H,27,30). The average Bonchev–Trinajstić information content (AvgIpc) is 3.46. The van der Waals surface area contributed by atoms with E-state index in [0.29, 0.717) is 35.5 Å². The summed E-state index contributed by atoms with van der Waals surface area (Å²) in [6, 6.07) is 11.7. The van der Waals surface area contributed by atoms with Crippen molar-refractivity contribution in [1.29, 1.82) is 0 Å². The molecule has 0 bridgehead atoms. The fraction of sp³-hybridized carbons (Fsp3) is 0.320. The van der Waals surface area contributed by atoms with E-state index >= 15 is 0 Å². The molecule has 172 valence electrons. The van der Waals surface area contributed by atoms with Gasteiger partial charge in [-0.2, -0.15) is 0 Å². The van der Waals surface area contributed by atoms with Gasteiger partial charge in [0.05, 0.1) is 4.90 Å². The van der Waals surface area contributed by atoms with Gasteiger partial charge in [-0.15, -0.1) is 0 Å². The summed E-state index contributed by atoms with van der Waals surface area (Å²) in [7, 11) is -2.16. The molecule has 1 aromatic heterocycles. The maximum absolute atomic E-state index is 13.8. The summed E-state index contributed by atoms with van der Waals surface area (Å²) < 4.78 is 27.6. The maximum Gasteiger partial charge on any atom is 0.246 e. The Bertz CT molecular complexity index is 1320. The highest BCUT2D eigenvalue weighted by Gasteiger charge is 2.53. The van der Waals surface area contributed by atoms with E-state index in [1.807, 2.05) is 13.0 Å². The molecule has 1 heterocycles. The molecule has 0 saturated heterocycles. The van der Waals surface area contributed by atoms with Crippen LogP contribution < -0.4 is 5.32 Å². The van der Waals surface area contributed by atoms with Crippen molar-refractivity contribution in [2.75, 3.05) is 5.32 Å². The Morgan fingerprint density at radius 1 is 1.03 bits per heavy atom. The molecule has 0 radical (unpaired) electrons. The number of ketones is 1. The van der Waals surface area contributed by atoms with Crippen LogP contribution in [-0.4, -0.2) is 34.4 Å². The number of carbonyl (C=O) groups is 2. The highest BCUT2D eigenvalue weighted by atomic mass is 32.2. The van der Waals surface area contributed by atoms with Gasteiger partial charge >= 0.3 is 0 Å². The molecule has 1 amide bonds. The smallest absolute Gasteiger partial charge is 0.246 e. The third-order valence-electron chi connectivity index (χ3n) is 6.40. The first-order valence-electron chi connectivity index (χ1n) is 10.9. The van der Waals surface area contributed by atoms with Gasteiger partial charge in [0.1, 0.15) is 0 Å². The first-order chi connectivity index (χ1) is 15.7. The number of benzene rings is 2. The summed E-state index contributed by atoms with van der Waals surface area (Å²) >= 11 is 0. The number of nitrogens with one attached hydrogen (secondary N) is 1. The highest BCUT2D eigenvalue weighted by molar-refractivity contribution is 7.93. The van der Waals surface area contributed by atoms with Gasteiger partial charge in [0.15, 0.2) is 20.4 Å². The molecule has 7 nitrogen and oxygen atoms in total. The largest absolute Gasteiger partial charge is 0.331 e. The zero-order valence-corrected chi connectivity index (χ0v) is 19.8. The number of rotatable bonds is 6. The molecule has 1 aliphatic rings. The Morgan fingerprint density at radius 2 is 1.70 bits per heavy atom. The van der Waals surface area contributed by atoms with Gasteiger partial charge in [0, 0.05) is 30.7 Å². The van der Waals surface area contributed by atoms with Crippen LogP contribution in [0, 0.1) is 13.8 Å². The van der Waals surface area contributed by atoms with Crippen molar-refractivity contribution < 1.29 is 18.0 Å². The van der Waals surface area contributed by atoms with Gasteiger partial charge in [-0.3, -0.25) is 9.59 Å². The van der Waals surface area contributed by atoms with Crippen molar-refractivity contribution in [1.82, 2.24) is 9.55 Å². The first-order valence-corrected chi connectivity index (χ1v) is 12.4. The van der Waals surface area contributed by atoms with E-state index in [-0.39, 0.29) is 23.5 Å². The van der Waals surface area contributed by atoms with Crippen LogP contribution in [0.25, 0.3) is 0 Å². The predicted octanol–water partition coefficient (Wildman–Crippen LogP) is 3.99. The van der Waals surface area contributed by atoms with Crippen molar-refractivity contribution in [2.45, 2.75) is 49.2 Å². The summed E-state index contributed by atoms with van der Waals surface area (Å²) in [6.45, 7) is 3.60. The second kappa shape index (κ2) is 8.59. The SMILES string of the molecule is Cc1ccc(C)c(S(=O)(=O)C2(C(=O)Nc3ccc(C(=O)c4nccn4C)cc3)CCCC2)c1. The Hall–Kier alpha value is -3.26. The number of sulfone groups is 1. The topological polar surface area (TPSA) is 98.1 Å². The van der Waals surface area contributed by atoms with E-state index < -0.39 is 20.5 Å². The summed E-state index contributed by atoms with van der Waals surface area (Å²) in [6.07, 6.45) is 5.16. The molecule has 0 unspecified atom stereocenters. The van der Waals surface area contributed by atoms with Crippen molar-refractivity contribution in [2.24, 2.45) is 7.05 Å². The van der Waals surface area contributed by atoms with E-state index in [4.69, 9.17) is 0 Å². The van der Waals surface area contributed by atoms with E-state index in [9.17, 15) is 18.0 Å². The van der Waals surface area contributed by atoms with Gasteiger partial charge in [-0.1, -0.05) is 25.0 Å². The van der Waals surface area contributed by atoms with Crippen molar-refractivity contribution >= 4 is 27.2 Å². The molecule has 0 aliphatic heterocycles. The van der Waals surface area contributed by atoms with Gasteiger partial charge in [0.25, 0.3) is 0 Å². The molecule has 0 spiro atoms. The Labute approximate surface area is 193 Å². The number of amides is 1. The van der Waals surface area contributed by atoms with E-state index in [2.05, 4.69) is 10.3 Å². The van der Waals surface area contributed by atoms with E-state index in [1.165, 1.54) is 0 Å². The predicted molar refractivity (Wildman–Crippen MR) is 126 cm³/mol. The number of aromatic nitrogens is 2. The number of nitrogens with zero attached hydrogens (tertiary/aromatic N) is 2. The summed E-state index contributed by atoms with van der Waals surface area (Å²) in [5.74, 6) is -0.439. The zero-order valence-electron chi connectivity index (χ0n) is 19.0. The lowest BCUT2D eigenvalue weighted by Gasteiger charge is -2.28. The van der Waals surface area contributed by atoms with E-state index in [0.717, 1.165) is 5.56 Å². The summed E-state index contributed by atoms with van der Waals surface area (Å²) in [5.41, 5.74) is 2.34. The highest BCUT2D eigenvalue weighted by Crippen LogP contribution is 2.42. The fourth-order valence-electron chi connectivity index (χ4n) is 4.43. The van der Waals surface area contributed by atoms with Gasteiger partial charge < -0.3 is 9.88 Å². The van der Waals surface area contributed by atoms with Crippen molar-refractivity contribution in [3.8, 4) is 0 Å². The van der Waals surface area contributed by atoms with Crippen molar-refractivity contribution in [3.63, 3.8) is 0 Å². The zero-order chi connectivity index (χ0) is 23.8.